The zero-order valence-corrected chi connectivity index (χ0v) is 14.6. The van der Waals surface area contributed by atoms with Crippen molar-refractivity contribution in [1.29, 1.82) is 0 Å². The molecule has 0 amide bonds. The number of rotatable bonds is 4. The molecule has 0 spiro atoms. The van der Waals surface area contributed by atoms with Crippen LogP contribution in [-0.4, -0.2) is 15.3 Å². The molecule has 0 fully saturated rings. The van der Waals surface area contributed by atoms with Crippen LogP contribution in [0.2, 0.25) is 20.1 Å². The Labute approximate surface area is 149 Å². The van der Waals surface area contributed by atoms with Crippen molar-refractivity contribution in [3.63, 3.8) is 0 Å². The Kier molecular flexibility index (Phi) is 5.75. The van der Waals surface area contributed by atoms with Gasteiger partial charge in [-0.15, -0.1) is 0 Å². The van der Waals surface area contributed by atoms with Crippen molar-refractivity contribution < 1.29 is 14.1 Å². The first kappa shape index (κ1) is 17.6. The number of benzene rings is 2. The SMILES string of the molecule is O=C(O)Cc1c(Cl)ccc(S(=O)c2ccc(Cl)cc2Cl)c1Cl. The predicted octanol–water partition coefficient (Wildman–Crippen LogP) is 5.09. The fraction of sp³-hybridized carbons (Fsp3) is 0.0714. The van der Waals surface area contributed by atoms with Crippen LogP contribution >= 0.6 is 46.4 Å². The van der Waals surface area contributed by atoms with E-state index < -0.39 is 16.8 Å². The summed E-state index contributed by atoms with van der Waals surface area (Å²) < 4.78 is 12.7. The summed E-state index contributed by atoms with van der Waals surface area (Å²) in [6.07, 6.45) is -0.364. The van der Waals surface area contributed by atoms with E-state index in [9.17, 15) is 9.00 Å². The van der Waals surface area contributed by atoms with Crippen LogP contribution in [0.1, 0.15) is 5.56 Å². The minimum Gasteiger partial charge on any atom is -0.481 e. The van der Waals surface area contributed by atoms with Crippen molar-refractivity contribution in [3.8, 4) is 0 Å². The number of halogens is 4. The standard InChI is InChI=1S/C14H8Cl4O3S/c15-7-1-3-11(10(17)5-7)22(21)12-4-2-9(16)8(14(12)18)6-13(19)20/h1-5H,6H2,(H,19,20). The minimum absolute atomic E-state index is 0.0549. The number of aliphatic carboxylic acids is 1. The second-order valence-electron chi connectivity index (χ2n) is 4.25. The Morgan fingerprint density at radius 3 is 2.23 bits per heavy atom. The van der Waals surface area contributed by atoms with Crippen molar-refractivity contribution >= 4 is 63.2 Å². The average molecular weight is 398 g/mol. The molecule has 0 saturated heterocycles. The van der Waals surface area contributed by atoms with Gasteiger partial charge in [0.15, 0.2) is 0 Å². The maximum absolute atomic E-state index is 12.7. The predicted molar refractivity (Wildman–Crippen MR) is 88.9 cm³/mol. The van der Waals surface area contributed by atoms with Gasteiger partial charge in [-0.3, -0.25) is 4.79 Å². The zero-order chi connectivity index (χ0) is 16.4. The highest BCUT2D eigenvalue weighted by Gasteiger charge is 2.20. The maximum atomic E-state index is 12.7. The summed E-state index contributed by atoms with van der Waals surface area (Å²) in [7, 11) is -1.69. The van der Waals surface area contributed by atoms with E-state index in [4.69, 9.17) is 51.5 Å². The van der Waals surface area contributed by atoms with Crippen molar-refractivity contribution in [2.24, 2.45) is 0 Å². The molecule has 3 nitrogen and oxygen atoms in total. The number of carboxylic acids is 1. The van der Waals surface area contributed by atoms with Gasteiger partial charge in [0.05, 0.1) is 37.1 Å². The molecule has 1 atom stereocenters. The van der Waals surface area contributed by atoms with Gasteiger partial charge in [-0.25, -0.2) is 4.21 Å². The Bertz CT molecular complexity index is 777. The van der Waals surface area contributed by atoms with Crippen LogP contribution in [0.4, 0.5) is 0 Å². The molecule has 0 saturated carbocycles. The molecule has 116 valence electrons. The lowest BCUT2D eigenvalue weighted by Crippen LogP contribution is -2.04. The summed E-state index contributed by atoms with van der Waals surface area (Å²) in [6, 6.07) is 7.50. The van der Waals surface area contributed by atoms with Gasteiger partial charge in [-0.1, -0.05) is 46.4 Å². The molecule has 0 aromatic heterocycles. The molecule has 0 heterocycles. The minimum atomic E-state index is -1.69. The average Bonchev–Trinajstić information content (AvgIpc) is 2.42. The molecule has 0 aliphatic heterocycles. The molecule has 1 N–H and O–H groups in total. The molecule has 2 aromatic carbocycles. The van der Waals surface area contributed by atoms with Gasteiger partial charge in [0.2, 0.25) is 0 Å². The Balaban J connectivity index is 2.52. The summed E-state index contributed by atoms with van der Waals surface area (Å²) in [5.74, 6) is -1.09. The number of hydrogen-bond donors (Lipinski definition) is 1. The van der Waals surface area contributed by atoms with E-state index in [2.05, 4.69) is 0 Å². The summed E-state index contributed by atoms with van der Waals surface area (Å²) in [5.41, 5.74) is 0.215. The van der Waals surface area contributed by atoms with Crippen LogP contribution < -0.4 is 0 Å². The van der Waals surface area contributed by atoms with Gasteiger partial charge in [0.25, 0.3) is 0 Å². The normalized spacial score (nSPS) is 12.2. The Morgan fingerprint density at radius 2 is 1.64 bits per heavy atom. The maximum Gasteiger partial charge on any atom is 0.307 e. The van der Waals surface area contributed by atoms with Crippen LogP contribution in [-0.2, 0) is 22.0 Å². The smallest absolute Gasteiger partial charge is 0.307 e. The van der Waals surface area contributed by atoms with E-state index >= 15 is 0 Å². The van der Waals surface area contributed by atoms with Crippen LogP contribution in [0.3, 0.4) is 0 Å². The molecule has 2 rings (SSSR count). The second-order valence-corrected chi connectivity index (χ2v) is 7.30. The quantitative estimate of drug-likeness (QED) is 0.781. The molecular formula is C14H8Cl4O3S. The van der Waals surface area contributed by atoms with Crippen molar-refractivity contribution in [3.05, 3.63) is 56.0 Å². The molecule has 0 aliphatic carbocycles. The topological polar surface area (TPSA) is 54.4 Å². The van der Waals surface area contributed by atoms with Crippen LogP contribution in [0.15, 0.2) is 40.1 Å². The van der Waals surface area contributed by atoms with Crippen molar-refractivity contribution in [2.75, 3.05) is 0 Å². The lowest BCUT2D eigenvalue weighted by Gasteiger charge is -2.11. The molecule has 0 bridgehead atoms. The lowest BCUT2D eigenvalue weighted by molar-refractivity contribution is -0.136. The molecule has 22 heavy (non-hydrogen) atoms. The van der Waals surface area contributed by atoms with Crippen molar-refractivity contribution in [2.45, 2.75) is 16.2 Å². The summed E-state index contributed by atoms with van der Waals surface area (Å²) >= 11 is 24.0. The first-order valence-corrected chi connectivity index (χ1v) is 8.53. The monoisotopic (exact) mass is 396 g/mol. The zero-order valence-electron chi connectivity index (χ0n) is 10.8. The van der Waals surface area contributed by atoms with E-state index in [1.807, 2.05) is 0 Å². The van der Waals surface area contributed by atoms with E-state index in [1.54, 1.807) is 6.07 Å². The number of hydrogen-bond acceptors (Lipinski definition) is 2. The van der Waals surface area contributed by atoms with Gasteiger partial charge in [-0.2, -0.15) is 0 Å². The third-order valence-corrected chi connectivity index (χ3v) is 5.82. The third-order valence-electron chi connectivity index (χ3n) is 2.77. The molecule has 2 aromatic rings. The van der Waals surface area contributed by atoms with Gasteiger partial charge < -0.3 is 5.11 Å². The summed E-state index contributed by atoms with van der Waals surface area (Å²) in [6.45, 7) is 0. The highest BCUT2D eigenvalue weighted by Crippen LogP contribution is 2.35. The highest BCUT2D eigenvalue weighted by molar-refractivity contribution is 7.85. The molecular weight excluding hydrogens is 390 g/mol. The number of carboxylic acid groups (broad SMARTS) is 1. The summed E-state index contributed by atoms with van der Waals surface area (Å²) in [5, 5.41) is 9.82. The van der Waals surface area contributed by atoms with Gasteiger partial charge in [-0.05, 0) is 30.3 Å². The second kappa shape index (κ2) is 7.20. The molecule has 8 heteroatoms. The molecule has 1 unspecified atom stereocenters. The fourth-order valence-electron chi connectivity index (χ4n) is 1.78. The van der Waals surface area contributed by atoms with Crippen LogP contribution in [0, 0.1) is 0 Å². The first-order chi connectivity index (χ1) is 10.3. The van der Waals surface area contributed by atoms with Gasteiger partial charge in [0.1, 0.15) is 0 Å². The van der Waals surface area contributed by atoms with Crippen LogP contribution in [0.25, 0.3) is 0 Å². The number of carbonyl (C=O) groups is 1. The third kappa shape index (κ3) is 3.76. The van der Waals surface area contributed by atoms with Crippen LogP contribution in [0.5, 0.6) is 0 Å². The molecule has 0 radical (unpaired) electrons. The lowest BCUT2D eigenvalue weighted by atomic mass is 10.1. The Hall–Kier alpha value is -0.780. The highest BCUT2D eigenvalue weighted by atomic mass is 35.5. The van der Waals surface area contributed by atoms with E-state index in [0.29, 0.717) is 9.92 Å². The Morgan fingerprint density at radius 1 is 1.00 bits per heavy atom. The van der Waals surface area contributed by atoms with E-state index in [0.717, 1.165) is 0 Å². The van der Waals surface area contributed by atoms with Gasteiger partial charge in [0, 0.05) is 15.6 Å². The van der Waals surface area contributed by atoms with Crippen molar-refractivity contribution in [1.82, 2.24) is 0 Å². The fourth-order valence-corrected chi connectivity index (χ4v) is 4.25. The summed E-state index contributed by atoms with van der Waals surface area (Å²) in [4.78, 5) is 11.5. The molecule has 0 aliphatic rings. The first-order valence-electron chi connectivity index (χ1n) is 5.86. The van der Waals surface area contributed by atoms with E-state index in [1.165, 1.54) is 24.3 Å². The largest absolute Gasteiger partial charge is 0.481 e. The van der Waals surface area contributed by atoms with E-state index in [-0.39, 0.29) is 31.9 Å². The van der Waals surface area contributed by atoms with Gasteiger partial charge >= 0.3 is 5.97 Å².